The molecule has 1 N–H and O–H groups in total. The Labute approximate surface area is 145 Å². The molecule has 5 heteroatoms. The summed E-state index contributed by atoms with van der Waals surface area (Å²) < 4.78 is 10.7. The van der Waals surface area contributed by atoms with Gasteiger partial charge in [-0.2, -0.15) is 0 Å². The van der Waals surface area contributed by atoms with Crippen LogP contribution in [0.4, 0.5) is 0 Å². The van der Waals surface area contributed by atoms with Gasteiger partial charge in [0.1, 0.15) is 11.5 Å². The van der Waals surface area contributed by atoms with Crippen molar-refractivity contribution in [2.45, 2.75) is 38.5 Å². The van der Waals surface area contributed by atoms with Gasteiger partial charge in [-0.25, -0.2) is 0 Å². The van der Waals surface area contributed by atoms with Crippen molar-refractivity contribution in [1.29, 1.82) is 0 Å². The topological polar surface area (TPSA) is 50.8 Å². The summed E-state index contributed by atoms with van der Waals surface area (Å²) in [5, 5.41) is 2.99. The molecule has 0 aliphatic carbocycles. The quantitative estimate of drug-likeness (QED) is 0.632. The first-order valence-corrected chi connectivity index (χ1v) is 9.04. The standard InChI is InChI=1S/C19H30N2O3/c1-23-17-8-10-18(11-9-17)24-16-6-7-19(22)20-12-2-3-13-21-14-4-5-15-21/h8-11H,2-7,12-16H2,1H3,(H,20,22). The molecule has 0 radical (unpaired) electrons. The zero-order chi connectivity index (χ0) is 17.0. The maximum Gasteiger partial charge on any atom is 0.220 e. The molecule has 1 aromatic carbocycles. The first-order valence-electron chi connectivity index (χ1n) is 9.04. The van der Waals surface area contributed by atoms with E-state index in [2.05, 4.69) is 10.2 Å². The summed E-state index contributed by atoms with van der Waals surface area (Å²) in [6, 6.07) is 7.48. The minimum atomic E-state index is 0.120. The monoisotopic (exact) mass is 334 g/mol. The van der Waals surface area contributed by atoms with E-state index in [-0.39, 0.29) is 5.91 Å². The smallest absolute Gasteiger partial charge is 0.220 e. The molecule has 1 saturated heterocycles. The minimum Gasteiger partial charge on any atom is -0.497 e. The molecule has 1 amide bonds. The highest BCUT2D eigenvalue weighted by Crippen LogP contribution is 2.17. The van der Waals surface area contributed by atoms with E-state index in [1.807, 2.05) is 24.3 Å². The van der Waals surface area contributed by atoms with Crippen molar-refractivity contribution in [1.82, 2.24) is 10.2 Å². The average Bonchev–Trinajstić information content (AvgIpc) is 3.12. The lowest BCUT2D eigenvalue weighted by Crippen LogP contribution is -2.26. The van der Waals surface area contributed by atoms with Gasteiger partial charge in [0.15, 0.2) is 0 Å². The van der Waals surface area contributed by atoms with Crippen LogP contribution in [0.15, 0.2) is 24.3 Å². The van der Waals surface area contributed by atoms with Crippen LogP contribution in [-0.4, -0.2) is 50.7 Å². The number of rotatable bonds is 11. The largest absolute Gasteiger partial charge is 0.497 e. The number of amides is 1. The first kappa shape index (κ1) is 18.6. The van der Waals surface area contributed by atoms with Gasteiger partial charge in [-0.1, -0.05) is 0 Å². The Morgan fingerprint density at radius 1 is 1.08 bits per heavy atom. The number of carbonyl (C=O) groups is 1. The number of hydrogen-bond acceptors (Lipinski definition) is 4. The lowest BCUT2D eigenvalue weighted by atomic mass is 10.2. The molecule has 1 aromatic rings. The van der Waals surface area contributed by atoms with E-state index in [0.29, 0.717) is 13.0 Å². The number of hydrogen-bond donors (Lipinski definition) is 1. The van der Waals surface area contributed by atoms with E-state index in [1.54, 1.807) is 7.11 Å². The molecule has 0 aromatic heterocycles. The predicted octanol–water partition coefficient (Wildman–Crippen LogP) is 2.85. The molecule has 1 aliphatic heterocycles. The van der Waals surface area contributed by atoms with Crippen molar-refractivity contribution in [3.63, 3.8) is 0 Å². The maximum atomic E-state index is 11.8. The molecule has 1 fully saturated rings. The van der Waals surface area contributed by atoms with Crippen LogP contribution in [0.5, 0.6) is 11.5 Å². The van der Waals surface area contributed by atoms with E-state index in [0.717, 1.165) is 30.9 Å². The Kier molecular flexibility index (Phi) is 8.46. The zero-order valence-electron chi connectivity index (χ0n) is 14.8. The summed E-state index contributed by atoms with van der Waals surface area (Å²) in [6.45, 7) is 5.01. The number of ether oxygens (including phenoxy) is 2. The van der Waals surface area contributed by atoms with Gasteiger partial charge in [0.2, 0.25) is 5.91 Å². The number of nitrogens with one attached hydrogen (secondary N) is 1. The summed E-state index contributed by atoms with van der Waals surface area (Å²) >= 11 is 0. The van der Waals surface area contributed by atoms with Gasteiger partial charge in [-0.15, -0.1) is 0 Å². The second kappa shape index (κ2) is 10.9. The number of nitrogens with zero attached hydrogens (tertiary/aromatic N) is 1. The summed E-state index contributed by atoms with van der Waals surface area (Å²) in [7, 11) is 1.64. The molecule has 5 nitrogen and oxygen atoms in total. The third kappa shape index (κ3) is 7.21. The molecule has 1 heterocycles. The fourth-order valence-electron chi connectivity index (χ4n) is 2.88. The highest BCUT2D eigenvalue weighted by Gasteiger charge is 2.10. The van der Waals surface area contributed by atoms with E-state index in [1.165, 1.54) is 38.9 Å². The number of unbranched alkanes of at least 4 members (excludes halogenated alkanes) is 1. The Bertz CT molecular complexity index is 470. The summed E-state index contributed by atoms with van der Waals surface area (Å²) in [4.78, 5) is 14.3. The minimum absolute atomic E-state index is 0.120. The summed E-state index contributed by atoms with van der Waals surface area (Å²) in [5.74, 6) is 1.74. The van der Waals surface area contributed by atoms with Gasteiger partial charge in [0, 0.05) is 13.0 Å². The van der Waals surface area contributed by atoms with Gasteiger partial charge < -0.3 is 19.7 Å². The molecule has 0 bridgehead atoms. The Morgan fingerprint density at radius 3 is 2.50 bits per heavy atom. The number of benzene rings is 1. The van der Waals surface area contributed by atoms with Crippen LogP contribution in [0.2, 0.25) is 0 Å². The molecule has 0 spiro atoms. The molecular formula is C19H30N2O3. The van der Waals surface area contributed by atoms with Crippen LogP contribution in [0.1, 0.15) is 38.5 Å². The fourth-order valence-corrected chi connectivity index (χ4v) is 2.88. The summed E-state index contributed by atoms with van der Waals surface area (Å²) in [6.07, 6.45) is 6.16. The van der Waals surface area contributed by atoms with Crippen LogP contribution in [-0.2, 0) is 4.79 Å². The average molecular weight is 334 g/mol. The van der Waals surface area contributed by atoms with Gasteiger partial charge in [0.05, 0.1) is 13.7 Å². The molecule has 24 heavy (non-hydrogen) atoms. The predicted molar refractivity (Wildman–Crippen MR) is 95.6 cm³/mol. The van der Waals surface area contributed by atoms with Crippen molar-refractivity contribution in [3.8, 4) is 11.5 Å². The second-order valence-electron chi connectivity index (χ2n) is 6.23. The van der Waals surface area contributed by atoms with Gasteiger partial charge in [0.25, 0.3) is 0 Å². The van der Waals surface area contributed by atoms with Crippen molar-refractivity contribution in [2.24, 2.45) is 0 Å². The first-order chi connectivity index (χ1) is 11.8. The van der Waals surface area contributed by atoms with Crippen LogP contribution >= 0.6 is 0 Å². The fraction of sp³-hybridized carbons (Fsp3) is 0.632. The van der Waals surface area contributed by atoms with E-state index >= 15 is 0 Å². The molecule has 2 rings (SSSR count). The highest BCUT2D eigenvalue weighted by atomic mass is 16.5. The number of methoxy groups -OCH3 is 1. The van der Waals surface area contributed by atoms with Gasteiger partial charge in [-0.05, 0) is 76.0 Å². The number of carbonyl (C=O) groups excluding carboxylic acids is 1. The normalized spacial score (nSPS) is 14.5. The third-order valence-electron chi connectivity index (χ3n) is 4.30. The van der Waals surface area contributed by atoms with Crippen LogP contribution in [0, 0.1) is 0 Å². The van der Waals surface area contributed by atoms with E-state index in [9.17, 15) is 4.79 Å². The van der Waals surface area contributed by atoms with E-state index in [4.69, 9.17) is 9.47 Å². The molecule has 0 atom stereocenters. The van der Waals surface area contributed by atoms with Crippen LogP contribution in [0.3, 0.4) is 0 Å². The Hall–Kier alpha value is -1.75. The Balaban J connectivity index is 1.44. The van der Waals surface area contributed by atoms with Crippen molar-refractivity contribution < 1.29 is 14.3 Å². The maximum absolute atomic E-state index is 11.8. The third-order valence-corrected chi connectivity index (χ3v) is 4.30. The Morgan fingerprint density at radius 2 is 1.79 bits per heavy atom. The van der Waals surface area contributed by atoms with Crippen LogP contribution < -0.4 is 14.8 Å². The van der Waals surface area contributed by atoms with Crippen molar-refractivity contribution in [3.05, 3.63) is 24.3 Å². The second-order valence-corrected chi connectivity index (χ2v) is 6.23. The van der Waals surface area contributed by atoms with Crippen molar-refractivity contribution in [2.75, 3.05) is 39.9 Å². The lowest BCUT2D eigenvalue weighted by Gasteiger charge is -2.14. The SMILES string of the molecule is COc1ccc(OCCCC(=O)NCCCCN2CCCC2)cc1. The van der Waals surface area contributed by atoms with Gasteiger partial charge in [-0.3, -0.25) is 4.79 Å². The van der Waals surface area contributed by atoms with Gasteiger partial charge >= 0.3 is 0 Å². The molecule has 134 valence electrons. The molecular weight excluding hydrogens is 304 g/mol. The lowest BCUT2D eigenvalue weighted by molar-refractivity contribution is -0.121. The van der Waals surface area contributed by atoms with E-state index < -0.39 is 0 Å². The highest BCUT2D eigenvalue weighted by molar-refractivity contribution is 5.75. The van der Waals surface area contributed by atoms with Crippen LogP contribution in [0.25, 0.3) is 0 Å². The molecule has 1 aliphatic rings. The molecule has 0 saturated carbocycles. The zero-order valence-corrected chi connectivity index (χ0v) is 14.8. The van der Waals surface area contributed by atoms with Crippen molar-refractivity contribution >= 4 is 5.91 Å². The summed E-state index contributed by atoms with van der Waals surface area (Å²) in [5.41, 5.74) is 0. The number of likely N-dealkylation sites (tertiary alicyclic amines) is 1. The molecule has 0 unspecified atom stereocenters.